The van der Waals surface area contributed by atoms with E-state index < -0.39 is 47.4 Å². The summed E-state index contributed by atoms with van der Waals surface area (Å²) in [6.07, 6.45) is -4.55. The zero-order valence-corrected chi connectivity index (χ0v) is 23.0. The lowest BCUT2D eigenvalue weighted by molar-refractivity contribution is -0.153. The Balaban J connectivity index is 1.54. The first-order valence-electron chi connectivity index (χ1n) is 13.1. The molecular weight excluding hydrogens is 570 g/mol. The van der Waals surface area contributed by atoms with E-state index in [1.807, 2.05) is 6.07 Å². The molecule has 0 unspecified atom stereocenters. The Hall–Kier alpha value is -5.12. The second-order valence-electron chi connectivity index (χ2n) is 10.2. The van der Waals surface area contributed by atoms with Gasteiger partial charge in [0.2, 0.25) is 5.91 Å². The summed E-state index contributed by atoms with van der Waals surface area (Å²) in [5, 5.41) is 12.0. The molecule has 2 aliphatic heterocycles. The Bertz CT molecular complexity index is 1650. The number of halogens is 4. The van der Waals surface area contributed by atoms with Gasteiger partial charge < -0.3 is 19.9 Å². The zero-order valence-electron chi connectivity index (χ0n) is 23.0. The van der Waals surface area contributed by atoms with Crippen LogP contribution in [0.15, 0.2) is 60.7 Å². The van der Waals surface area contributed by atoms with Crippen LogP contribution in [0.1, 0.15) is 27.0 Å². The summed E-state index contributed by atoms with van der Waals surface area (Å²) >= 11 is 0. The third-order valence-electron chi connectivity index (χ3n) is 7.69. The van der Waals surface area contributed by atoms with E-state index in [1.54, 1.807) is 30.1 Å². The quantitative estimate of drug-likeness (QED) is 0.337. The molecule has 13 heteroatoms. The Morgan fingerprint density at radius 2 is 1.77 bits per heavy atom. The fourth-order valence-corrected chi connectivity index (χ4v) is 5.50. The van der Waals surface area contributed by atoms with Gasteiger partial charge in [-0.2, -0.15) is 18.4 Å². The predicted octanol–water partition coefficient (Wildman–Crippen LogP) is 4.18. The summed E-state index contributed by atoms with van der Waals surface area (Å²) in [6.45, 7) is -0.888. The second kappa shape index (κ2) is 10.9. The third kappa shape index (κ3) is 5.09. The van der Waals surface area contributed by atoms with E-state index in [-0.39, 0.29) is 36.4 Å². The molecule has 0 atom stereocenters. The van der Waals surface area contributed by atoms with Gasteiger partial charge in [0.1, 0.15) is 17.9 Å². The largest absolute Gasteiger partial charge is 0.465 e. The summed E-state index contributed by atoms with van der Waals surface area (Å²) in [4.78, 5) is 44.5. The van der Waals surface area contributed by atoms with E-state index in [0.29, 0.717) is 16.9 Å². The average Bonchev–Trinajstić information content (AvgIpc) is 2.97. The van der Waals surface area contributed by atoms with E-state index in [0.717, 1.165) is 23.1 Å². The molecule has 2 amide bonds. The highest BCUT2D eigenvalue weighted by molar-refractivity contribution is 6.11. The Morgan fingerprint density at radius 1 is 1.07 bits per heavy atom. The number of benzene rings is 3. The van der Waals surface area contributed by atoms with E-state index in [9.17, 15) is 27.6 Å². The molecule has 0 bridgehead atoms. The molecule has 5 rings (SSSR count). The van der Waals surface area contributed by atoms with Crippen LogP contribution >= 0.6 is 0 Å². The predicted molar refractivity (Wildman–Crippen MR) is 148 cm³/mol. The zero-order chi connectivity index (χ0) is 31.1. The Labute approximate surface area is 243 Å². The van der Waals surface area contributed by atoms with Gasteiger partial charge in [0.05, 0.1) is 54.5 Å². The van der Waals surface area contributed by atoms with Crippen molar-refractivity contribution in [3.63, 3.8) is 0 Å². The molecular formula is C30H25F4N5O4. The second-order valence-corrected chi connectivity index (χ2v) is 10.2. The lowest BCUT2D eigenvalue weighted by Gasteiger charge is -2.58. The summed E-state index contributed by atoms with van der Waals surface area (Å²) in [5.74, 6) is -2.66. The first-order valence-corrected chi connectivity index (χ1v) is 13.1. The highest BCUT2D eigenvalue weighted by Gasteiger charge is 2.60. The Kier molecular flexibility index (Phi) is 7.47. The molecule has 0 radical (unpaired) electrons. The maximum Gasteiger partial charge on any atom is 0.416 e. The minimum Gasteiger partial charge on any atom is -0.465 e. The van der Waals surface area contributed by atoms with Crippen molar-refractivity contribution in [1.82, 2.24) is 4.90 Å². The van der Waals surface area contributed by atoms with Crippen LogP contribution in [0.2, 0.25) is 0 Å². The van der Waals surface area contributed by atoms with Crippen molar-refractivity contribution >= 4 is 34.8 Å². The number of piperazine rings is 1. The fraction of sp³-hybridized carbons (Fsp3) is 0.267. The van der Waals surface area contributed by atoms with E-state index >= 15 is 4.39 Å². The molecule has 9 nitrogen and oxygen atoms in total. The maximum atomic E-state index is 15.0. The molecule has 2 saturated heterocycles. The molecule has 1 N–H and O–H groups in total. The number of carbonyl (C=O) groups excluding carboxylic acids is 3. The van der Waals surface area contributed by atoms with Gasteiger partial charge in [0.15, 0.2) is 5.54 Å². The molecule has 0 aliphatic carbocycles. The number of hydrogen-bond acceptors (Lipinski definition) is 7. The number of nitriles is 1. The number of alkyl halides is 3. The van der Waals surface area contributed by atoms with Crippen molar-refractivity contribution in [2.24, 2.45) is 0 Å². The molecule has 222 valence electrons. The number of rotatable bonds is 6. The number of amides is 2. The van der Waals surface area contributed by atoms with Crippen molar-refractivity contribution in [3.05, 3.63) is 88.7 Å². The van der Waals surface area contributed by atoms with Crippen molar-refractivity contribution in [3.8, 4) is 6.07 Å². The van der Waals surface area contributed by atoms with Gasteiger partial charge in [-0.25, -0.2) is 9.18 Å². The SMILES string of the molecule is CNc1cccc(N2CC3(C2)C(=O)N(c2ccc(C#N)cc2F)CC(=O)N3Cc2ccc(C(F)(F)F)cc2)c1C(=O)OC. The lowest BCUT2D eigenvalue weighted by atomic mass is 9.82. The molecule has 0 saturated carbocycles. The standard InChI is InChI=1S/C30H25F4N5O4/c1-36-22-4-3-5-24(26(22)27(41)43-2)37-16-29(17-37)28(42)38(23-11-8-19(13-35)12-21(23)31)15-25(40)39(29)14-18-6-9-20(10-7-18)30(32,33)34/h3-12,36H,14-17H2,1-2H3. The molecule has 2 fully saturated rings. The van der Waals surface area contributed by atoms with Gasteiger partial charge in [0, 0.05) is 13.6 Å². The number of anilines is 3. The van der Waals surface area contributed by atoms with Crippen LogP contribution in [0.25, 0.3) is 0 Å². The average molecular weight is 596 g/mol. The number of esters is 1. The molecule has 0 aromatic heterocycles. The van der Waals surface area contributed by atoms with E-state index in [4.69, 9.17) is 10.00 Å². The smallest absolute Gasteiger partial charge is 0.416 e. The third-order valence-corrected chi connectivity index (χ3v) is 7.69. The summed E-state index contributed by atoms with van der Waals surface area (Å²) < 4.78 is 59.4. The van der Waals surface area contributed by atoms with Gasteiger partial charge in [0.25, 0.3) is 5.91 Å². The van der Waals surface area contributed by atoms with Crippen LogP contribution in [-0.4, -0.2) is 62.0 Å². The lowest BCUT2D eigenvalue weighted by Crippen LogP contribution is -2.81. The summed E-state index contributed by atoms with van der Waals surface area (Å²) in [6, 6.07) is 14.7. The summed E-state index contributed by atoms with van der Waals surface area (Å²) in [5.41, 5.74) is -1.08. The molecule has 2 heterocycles. The van der Waals surface area contributed by atoms with Crippen LogP contribution in [0.5, 0.6) is 0 Å². The first-order chi connectivity index (χ1) is 20.4. The number of carbonyl (C=O) groups is 3. The van der Waals surface area contributed by atoms with Crippen molar-refractivity contribution in [2.75, 3.05) is 48.9 Å². The van der Waals surface area contributed by atoms with Crippen molar-refractivity contribution < 1.29 is 36.7 Å². The van der Waals surface area contributed by atoms with Gasteiger partial charge in [-0.05, 0) is 48.0 Å². The highest BCUT2D eigenvalue weighted by atomic mass is 19.4. The van der Waals surface area contributed by atoms with Gasteiger partial charge in [-0.3, -0.25) is 14.5 Å². The van der Waals surface area contributed by atoms with E-state index in [2.05, 4.69) is 5.32 Å². The Morgan fingerprint density at radius 3 is 2.35 bits per heavy atom. The monoisotopic (exact) mass is 595 g/mol. The molecule has 3 aromatic carbocycles. The van der Waals surface area contributed by atoms with Crippen molar-refractivity contribution in [1.29, 1.82) is 5.26 Å². The van der Waals surface area contributed by atoms with Crippen molar-refractivity contribution in [2.45, 2.75) is 18.3 Å². The normalized spacial score (nSPS) is 16.2. The summed E-state index contributed by atoms with van der Waals surface area (Å²) in [7, 11) is 2.86. The number of hydrogen-bond donors (Lipinski definition) is 1. The molecule has 2 aliphatic rings. The molecule has 1 spiro atoms. The van der Waals surface area contributed by atoms with Gasteiger partial charge >= 0.3 is 12.1 Å². The number of nitrogens with zero attached hydrogens (tertiary/aromatic N) is 4. The fourth-order valence-electron chi connectivity index (χ4n) is 5.50. The number of nitrogens with one attached hydrogen (secondary N) is 1. The number of methoxy groups -OCH3 is 1. The minimum absolute atomic E-state index is 0.0326. The van der Waals surface area contributed by atoms with Crippen LogP contribution in [0.3, 0.4) is 0 Å². The molecule has 43 heavy (non-hydrogen) atoms. The highest BCUT2D eigenvalue weighted by Crippen LogP contribution is 2.42. The van der Waals surface area contributed by atoms with E-state index in [1.165, 1.54) is 36.3 Å². The minimum atomic E-state index is -4.55. The number of ether oxygens (including phenoxy) is 1. The van der Waals surface area contributed by atoms with Crippen LogP contribution < -0.4 is 15.1 Å². The maximum absolute atomic E-state index is 15.0. The molecule has 3 aromatic rings. The topological polar surface area (TPSA) is 106 Å². The van der Waals surface area contributed by atoms with Crippen LogP contribution in [-0.2, 0) is 27.0 Å². The first kappa shape index (κ1) is 29.4. The van der Waals surface area contributed by atoms with Crippen LogP contribution in [0, 0.1) is 17.1 Å². The van der Waals surface area contributed by atoms with Crippen LogP contribution in [0.4, 0.5) is 34.6 Å². The van der Waals surface area contributed by atoms with Gasteiger partial charge in [-0.15, -0.1) is 0 Å². The van der Waals surface area contributed by atoms with Gasteiger partial charge in [-0.1, -0.05) is 18.2 Å².